The first-order valence-corrected chi connectivity index (χ1v) is 11.0. The molecule has 1 amide bonds. The lowest BCUT2D eigenvalue weighted by Crippen LogP contribution is -2.35. The van der Waals surface area contributed by atoms with Crippen molar-refractivity contribution in [1.29, 1.82) is 0 Å². The lowest BCUT2D eigenvalue weighted by Gasteiger charge is -2.20. The number of hydrogen-bond acceptors (Lipinski definition) is 6. The Morgan fingerprint density at radius 2 is 2.21 bits per heavy atom. The van der Waals surface area contributed by atoms with Crippen LogP contribution in [0, 0.1) is 0 Å². The van der Waals surface area contributed by atoms with Crippen LogP contribution in [0.4, 0.5) is 0 Å². The summed E-state index contributed by atoms with van der Waals surface area (Å²) in [4.78, 5) is 17.3. The van der Waals surface area contributed by atoms with Crippen molar-refractivity contribution < 1.29 is 22.7 Å². The van der Waals surface area contributed by atoms with Crippen molar-refractivity contribution in [3.8, 4) is 5.69 Å². The van der Waals surface area contributed by atoms with Crippen molar-refractivity contribution in [1.82, 2.24) is 19.2 Å². The maximum Gasteiger partial charge on any atom is 0.271 e. The fraction of sp³-hybridized carbons (Fsp3) is 0.474. The number of nitrogens with zero attached hydrogens (tertiary/aromatic N) is 3. The lowest BCUT2D eigenvalue weighted by molar-refractivity contribution is 0.0852. The first-order chi connectivity index (χ1) is 14.0. The number of para-hydroxylation sites is 1. The molecule has 9 nitrogen and oxygen atoms in total. The number of amides is 1. The fourth-order valence-corrected chi connectivity index (χ4v) is 5.24. The molecule has 1 N–H and O–H groups in total. The second-order valence-electron chi connectivity index (χ2n) is 7.05. The van der Waals surface area contributed by atoms with E-state index in [4.69, 9.17) is 9.47 Å². The molecule has 2 aromatic rings. The number of hydrogen-bond donors (Lipinski definition) is 1. The molecule has 156 valence electrons. The number of aromatic nitrogens is 2. The highest BCUT2D eigenvalue weighted by atomic mass is 32.2. The average molecular weight is 420 g/mol. The number of benzene rings is 1. The Bertz CT molecular complexity index is 998. The SMILES string of the molecule is COCCN1Cc2c(C(=O)NCC3CCCO3)ncn2-c2ccccc2S1(=O)=O. The zero-order valence-electron chi connectivity index (χ0n) is 16.2. The molecule has 1 aromatic heterocycles. The van der Waals surface area contributed by atoms with Gasteiger partial charge in [-0.3, -0.25) is 9.36 Å². The summed E-state index contributed by atoms with van der Waals surface area (Å²) in [6.45, 7) is 1.57. The number of ether oxygens (including phenoxy) is 2. The van der Waals surface area contributed by atoms with E-state index >= 15 is 0 Å². The molecule has 1 fully saturated rings. The van der Waals surface area contributed by atoms with E-state index in [2.05, 4.69) is 10.3 Å². The van der Waals surface area contributed by atoms with Crippen LogP contribution in [0.3, 0.4) is 0 Å². The molecule has 0 radical (unpaired) electrons. The zero-order valence-corrected chi connectivity index (χ0v) is 17.0. The van der Waals surface area contributed by atoms with Crippen LogP contribution in [0.5, 0.6) is 0 Å². The molecule has 2 aliphatic heterocycles. The average Bonchev–Trinajstić information content (AvgIpc) is 3.37. The minimum Gasteiger partial charge on any atom is -0.383 e. The van der Waals surface area contributed by atoms with Crippen molar-refractivity contribution >= 4 is 15.9 Å². The van der Waals surface area contributed by atoms with Crippen molar-refractivity contribution in [3.63, 3.8) is 0 Å². The molecular formula is C19H24N4O5S. The Morgan fingerprint density at radius 3 is 2.97 bits per heavy atom. The van der Waals surface area contributed by atoms with Gasteiger partial charge >= 0.3 is 0 Å². The maximum absolute atomic E-state index is 13.2. The summed E-state index contributed by atoms with van der Waals surface area (Å²) in [7, 11) is -2.22. The normalized spacial score (nSPS) is 20.7. The highest BCUT2D eigenvalue weighted by Crippen LogP contribution is 2.31. The van der Waals surface area contributed by atoms with Gasteiger partial charge in [0.05, 0.1) is 30.6 Å². The minimum absolute atomic E-state index is 0.0134. The molecule has 10 heteroatoms. The zero-order chi connectivity index (χ0) is 20.4. The van der Waals surface area contributed by atoms with Crippen molar-refractivity contribution in [2.24, 2.45) is 0 Å². The number of fused-ring (bicyclic) bond motifs is 3. The first-order valence-electron chi connectivity index (χ1n) is 9.57. The van der Waals surface area contributed by atoms with Gasteiger partial charge in [0.1, 0.15) is 11.2 Å². The number of carbonyl (C=O) groups is 1. The van der Waals surface area contributed by atoms with E-state index in [1.165, 1.54) is 17.7 Å². The van der Waals surface area contributed by atoms with Crippen LogP contribution in [0.25, 0.3) is 5.69 Å². The van der Waals surface area contributed by atoms with Gasteiger partial charge in [-0.05, 0) is 25.0 Å². The van der Waals surface area contributed by atoms with Crippen molar-refractivity contribution in [3.05, 3.63) is 42.0 Å². The summed E-state index contributed by atoms with van der Waals surface area (Å²) in [5.74, 6) is -0.335. The monoisotopic (exact) mass is 420 g/mol. The number of methoxy groups -OCH3 is 1. The first kappa shape index (κ1) is 20.0. The molecule has 1 unspecified atom stereocenters. The largest absolute Gasteiger partial charge is 0.383 e. The fourth-order valence-electron chi connectivity index (χ4n) is 3.68. The summed E-state index contributed by atoms with van der Waals surface area (Å²) < 4.78 is 40.0. The number of sulfonamides is 1. The van der Waals surface area contributed by atoms with Crippen LogP contribution in [0.15, 0.2) is 35.5 Å². The standard InChI is InChI=1S/C19H24N4O5S/c1-27-10-8-22-12-16-18(19(24)20-11-14-5-4-9-28-14)21-13-23(16)15-6-2-3-7-17(15)29(22,25)26/h2-3,6-7,13-14H,4-5,8-12H2,1H3,(H,20,24). The molecule has 4 rings (SSSR count). The van der Waals surface area contributed by atoms with E-state index in [1.807, 2.05) is 0 Å². The van der Waals surface area contributed by atoms with Gasteiger partial charge in [0, 0.05) is 26.8 Å². The molecule has 0 bridgehead atoms. The number of carbonyl (C=O) groups excluding carboxylic acids is 1. The molecule has 1 atom stereocenters. The van der Waals surface area contributed by atoms with Gasteiger partial charge in [-0.15, -0.1) is 0 Å². The summed E-state index contributed by atoms with van der Waals surface area (Å²) in [5.41, 5.74) is 1.23. The maximum atomic E-state index is 13.2. The van der Waals surface area contributed by atoms with Gasteiger partial charge < -0.3 is 14.8 Å². The van der Waals surface area contributed by atoms with Gasteiger partial charge in [0.25, 0.3) is 5.91 Å². The number of imidazole rings is 1. The third-order valence-corrected chi connectivity index (χ3v) is 7.10. The van der Waals surface area contributed by atoms with E-state index in [1.54, 1.807) is 28.8 Å². The summed E-state index contributed by atoms with van der Waals surface area (Å²) in [6, 6.07) is 6.73. The number of nitrogens with one attached hydrogen (secondary N) is 1. The quantitative estimate of drug-likeness (QED) is 0.746. The predicted octanol–water partition coefficient (Wildman–Crippen LogP) is 0.932. The van der Waals surface area contributed by atoms with Gasteiger partial charge in [0.15, 0.2) is 5.69 Å². The molecule has 29 heavy (non-hydrogen) atoms. The predicted molar refractivity (Wildman–Crippen MR) is 104 cm³/mol. The van der Waals surface area contributed by atoms with Crippen LogP contribution in [-0.4, -0.2) is 67.7 Å². The van der Waals surface area contributed by atoms with Crippen LogP contribution >= 0.6 is 0 Å². The molecule has 3 heterocycles. The third-order valence-electron chi connectivity index (χ3n) is 5.21. The summed E-state index contributed by atoms with van der Waals surface area (Å²) >= 11 is 0. The molecule has 0 saturated carbocycles. The van der Waals surface area contributed by atoms with Crippen LogP contribution in [0.2, 0.25) is 0 Å². The smallest absolute Gasteiger partial charge is 0.271 e. The van der Waals surface area contributed by atoms with Crippen molar-refractivity contribution in [2.75, 3.05) is 33.4 Å². The third kappa shape index (κ3) is 3.80. The van der Waals surface area contributed by atoms with E-state index < -0.39 is 10.0 Å². The second-order valence-corrected chi connectivity index (χ2v) is 8.96. The molecule has 2 aliphatic rings. The van der Waals surface area contributed by atoms with Gasteiger partial charge in [0.2, 0.25) is 10.0 Å². The Kier molecular flexibility index (Phi) is 5.68. The van der Waals surface area contributed by atoms with Crippen LogP contribution in [0.1, 0.15) is 29.0 Å². The lowest BCUT2D eigenvalue weighted by atomic mass is 10.2. The van der Waals surface area contributed by atoms with Crippen LogP contribution < -0.4 is 5.32 Å². The highest BCUT2D eigenvalue weighted by Gasteiger charge is 2.34. The van der Waals surface area contributed by atoms with E-state index in [-0.39, 0.29) is 42.3 Å². The van der Waals surface area contributed by atoms with E-state index in [9.17, 15) is 13.2 Å². The highest BCUT2D eigenvalue weighted by molar-refractivity contribution is 7.89. The molecule has 1 aromatic carbocycles. The van der Waals surface area contributed by atoms with Gasteiger partial charge in [-0.1, -0.05) is 12.1 Å². The van der Waals surface area contributed by atoms with E-state index in [0.717, 1.165) is 12.8 Å². The van der Waals surface area contributed by atoms with Gasteiger partial charge in [-0.25, -0.2) is 13.4 Å². The van der Waals surface area contributed by atoms with Crippen molar-refractivity contribution in [2.45, 2.75) is 30.4 Å². The van der Waals surface area contributed by atoms with E-state index in [0.29, 0.717) is 24.5 Å². The minimum atomic E-state index is -3.74. The summed E-state index contributed by atoms with van der Waals surface area (Å²) in [6.07, 6.45) is 3.42. The Morgan fingerprint density at radius 1 is 1.38 bits per heavy atom. The Balaban J connectivity index is 1.69. The molecule has 0 aliphatic carbocycles. The molecular weight excluding hydrogens is 396 g/mol. The Labute approximate surface area is 169 Å². The summed E-state index contributed by atoms with van der Waals surface area (Å²) in [5, 5.41) is 2.87. The Hall–Kier alpha value is -2.27. The second kappa shape index (κ2) is 8.23. The molecule has 1 saturated heterocycles. The molecule has 0 spiro atoms. The van der Waals surface area contributed by atoms with Crippen LogP contribution in [-0.2, 0) is 26.0 Å². The number of rotatable bonds is 6. The van der Waals surface area contributed by atoms with Gasteiger partial charge in [-0.2, -0.15) is 4.31 Å². The topological polar surface area (TPSA) is 103 Å².